The third kappa shape index (κ3) is 3.34. The average molecular weight is 361 g/mol. The van der Waals surface area contributed by atoms with Crippen molar-refractivity contribution >= 4 is 17.8 Å². The summed E-state index contributed by atoms with van der Waals surface area (Å²) in [4.78, 5) is 26.7. The summed E-state index contributed by atoms with van der Waals surface area (Å²) < 4.78 is 32.1. The predicted octanol–water partition coefficient (Wildman–Crippen LogP) is 3.09. The Bertz CT molecular complexity index is 1090. The molecule has 2 N–H and O–H groups in total. The highest BCUT2D eigenvalue weighted by Crippen LogP contribution is 2.26. The highest BCUT2D eigenvalue weighted by Gasteiger charge is 2.21. The summed E-state index contributed by atoms with van der Waals surface area (Å²) in [5.41, 5.74) is -2.12. The third-order valence-corrected chi connectivity index (χ3v) is 3.31. The molecular weight excluding hydrogens is 352 g/mol. The molecule has 2 aromatic heterocycles. The van der Waals surface area contributed by atoms with E-state index in [1.165, 1.54) is 30.4 Å². The molecule has 0 saturated carbocycles. The van der Waals surface area contributed by atoms with Crippen molar-refractivity contribution in [2.24, 2.45) is 0 Å². The fourth-order valence-corrected chi connectivity index (χ4v) is 2.15. The number of benzene rings is 1. The van der Waals surface area contributed by atoms with Crippen LogP contribution in [0.3, 0.4) is 0 Å². The second kappa shape index (κ2) is 6.59. The maximum atomic E-state index is 13.7. The Morgan fingerprint density at radius 2 is 2.00 bits per heavy atom. The molecule has 132 valence electrons. The van der Waals surface area contributed by atoms with Crippen LogP contribution in [0.1, 0.15) is 11.6 Å². The van der Waals surface area contributed by atoms with Crippen LogP contribution in [0, 0.1) is 21.7 Å². The molecular formula is C16H9F2N3O5. The molecule has 2 heterocycles. The number of aromatic nitrogens is 2. The maximum absolute atomic E-state index is 13.7. The fourth-order valence-electron chi connectivity index (χ4n) is 2.15. The summed E-state index contributed by atoms with van der Waals surface area (Å²) in [7, 11) is 0. The van der Waals surface area contributed by atoms with Gasteiger partial charge in [-0.25, -0.2) is 8.78 Å². The number of furan rings is 1. The molecule has 0 aliphatic rings. The lowest BCUT2D eigenvalue weighted by molar-refractivity contribution is -0.387. The van der Waals surface area contributed by atoms with Crippen LogP contribution in [0.4, 0.5) is 14.5 Å². The number of nitrogens with zero attached hydrogens (tertiary/aromatic N) is 2. The summed E-state index contributed by atoms with van der Waals surface area (Å²) >= 11 is 0. The number of hydrogen-bond acceptors (Lipinski definition) is 6. The van der Waals surface area contributed by atoms with Crippen LogP contribution in [0.15, 0.2) is 39.5 Å². The summed E-state index contributed by atoms with van der Waals surface area (Å²) in [5, 5.41) is 20.1. The van der Waals surface area contributed by atoms with Crippen molar-refractivity contribution in [3.63, 3.8) is 0 Å². The van der Waals surface area contributed by atoms with E-state index in [1.54, 1.807) is 0 Å². The van der Waals surface area contributed by atoms with Crippen molar-refractivity contribution in [2.75, 3.05) is 0 Å². The Kier molecular flexibility index (Phi) is 4.31. The van der Waals surface area contributed by atoms with E-state index in [0.29, 0.717) is 0 Å². The number of rotatable bonds is 4. The quantitative estimate of drug-likeness (QED) is 0.544. The largest absolute Gasteiger partial charge is 0.488 e. The van der Waals surface area contributed by atoms with Crippen LogP contribution in [-0.4, -0.2) is 20.0 Å². The Morgan fingerprint density at radius 1 is 1.23 bits per heavy atom. The molecule has 0 spiro atoms. The van der Waals surface area contributed by atoms with Crippen LogP contribution in [-0.2, 0) is 0 Å². The van der Waals surface area contributed by atoms with Gasteiger partial charge in [0, 0.05) is 6.07 Å². The molecule has 3 aromatic rings. The first-order valence-electron chi connectivity index (χ1n) is 7.06. The van der Waals surface area contributed by atoms with Crippen molar-refractivity contribution in [3.05, 3.63) is 74.0 Å². The van der Waals surface area contributed by atoms with Gasteiger partial charge in [-0.2, -0.15) is 4.98 Å². The minimum atomic E-state index is -1.12. The smallest absolute Gasteiger partial charge is 0.395 e. The van der Waals surface area contributed by atoms with Gasteiger partial charge in [-0.05, 0) is 36.4 Å². The molecule has 8 nitrogen and oxygen atoms in total. The molecule has 0 unspecified atom stereocenters. The van der Waals surface area contributed by atoms with Crippen molar-refractivity contribution < 1.29 is 23.2 Å². The summed E-state index contributed by atoms with van der Waals surface area (Å²) in [5.74, 6) is -2.29. The highest BCUT2D eigenvalue weighted by molar-refractivity contribution is 5.67. The minimum absolute atomic E-state index is 0.0607. The zero-order valence-corrected chi connectivity index (χ0v) is 12.8. The average Bonchev–Trinajstić information content (AvgIpc) is 3.00. The fraction of sp³-hybridized carbons (Fsp3) is 0. The lowest BCUT2D eigenvalue weighted by Gasteiger charge is -1.99. The minimum Gasteiger partial charge on any atom is -0.488 e. The van der Waals surface area contributed by atoms with Crippen molar-refractivity contribution in [1.29, 1.82) is 0 Å². The number of halogens is 2. The molecule has 3 rings (SSSR count). The molecule has 26 heavy (non-hydrogen) atoms. The van der Waals surface area contributed by atoms with Crippen LogP contribution >= 0.6 is 0 Å². The van der Waals surface area contributed by atoms with Crippen LogP contribution in [0.2, 0.25) is 0 Å². The molecule has 0 bridgehead atoms. The van der Waals surface area contributed by atoms with Gasteiger partial charge < -0.3 is 14.5 Å². The van der Waals surface area contributed by atoms with Gasteiger partial charge in [-0.3, -0.25) is 14.9 Å². The topological polar surface area (TPSA) is 122 Å². The molecule has 0 amide bonds. The van der Waals surface area contributed by atoms with Gasteiger partial charge in [0.15, 0.2) is 0 Å². The number of aromatic hydroxyl groups is 1. The van der Waals surface area contributed by atoms with Gasteiger partial charge in [0.2, 0.25) is 0 Å². The van der Waals surface area contributed by atoms with Crippen molar-refractivity contribution in [3.8, 4) is 17.2 Å². The van der Waals surface area contributed by atoms with E-state index in [9.17, 15) is 28.8 Å². The normalized spacial score (nSPS) is 11.2. The van der Waals surface area contributed by atoms with Gasteiger partial charge in [-0.1, -0.05) is 0 Å². The summed E-state index contributed by atoms with van der Waals surface area (Å²) in [6.45, 7) is 0. The molecule has 0 aliphatic heterocycles. The zero-order valence-electron chi connectivity index (χ0n) is 12.8. The molecule has 0 saturated heterocycles. The SMILES string of the molecule is O=c1[nH]c(/C=C/c2ccc(-c3ccc(F)cc3F)o2)nc(O)c1[N+](=O)[O-]. The van der Waals surface area contributed by atoms with E-state index in [4.69, 9.17) is 4.42 Å². The molecule has 0 aliphatic carbocycles. The predicted molar refractivity (Wildman–Crippen MR) is 86.2 cm³/mol. The molecule has 0 atom stereocenters. The standard InChI is InChI=1S/C16H9F2N3O5/c17-8-1-4-10(11(18)7-8)12-5-2-9(26-12)3-6-13-19-15(22)14(21(24)25)16(23)20-13/h1-7H,(H2,19,20,22,23)/b6-3+. The number of nitrogens with one attached hydrogen (secondary N) is 1. The lowest BCUT2D eigenvalue weighted by atomic mass is 10.1. The van der Waals surface area contributed by atoms with E-state index >= 15 is 0 Å². The van der Waals surface area contributed by atoms with E-state index in [-0.39, 0.29) is 22.9 Å². The van der Waals surface area contributed by atoms with Gasteiger partial charge in [0.1, 0.15) is 29.0 Å². The van der Waals surface area contributed by atoms with Crippen LogP contribution in [0.5, 0.6) is 5.88 Å². The first kappa shape index (κ1) is 17.0. The monoisotopic (exact) mass is 361 g/mol. The van der Waals surface area contributed by atoms with Crippen LogP contribution < -0.4 is 5.56 Å². The van der Waals surface area contributed by atoms with Crippen molar-refractivity contribution in [2.45, 2.75) is 0 Å². The van der Waals surface area contributed by atoms with Crippen molar-refractivity contribution in [1.82, 2.24) is 9.97 Å². The molecule has 0 fully saturated rings. The number of H-pyrrole nitrogens is 1. The molecule has 10 heteroatoms. The zero-order chi connectivity index (χ0) is 18.8. The van der Waals surface area contributed by atoms with Gasteiger partial charge in [-0.15, -0.1) is 0 Å². The number of nitro groups is 1. The van der Waals surface area contributed by atoms with E-state index < -0.39 is 33.7 Å². The first-order chi connectivity index (χ1) is 12.3. The third-order valence-electron chi connectivity index (χ3n) is 3.31. The Hall–Kier alpha value is -3.82. The van der Waals surface area contributed by atoms with Gasteiger partial charge in [0.25, 0.3) is 5.88 Å². The first-order valence-corrected chi connectivity index (χ1v) is 7.06. The molecule has 0 radical (unpaired) electrons. The lowest BCUT2D eigenvalue weighted by Crippen LogP contribution is -2.14. The van der Waals surface area contributed by atoms with Gasteiger partial charge >= 0.3 is 11.2 Å². The van der Waals surface area contributed by atoms with Gasteiger partial charge in [0.05, 0.1) is 10.5 Å². The van der Waals surface area contributed by atoms with Crippen LogP contribution in [0.25, 0.3) is 23.5 Å². The number of aromatic amines is 1. The van der Waals surface area contributed by atoms with E-state index in [0.717, 1.165) is 12.1 Å². The second-order valence-electron chi connectivity index (χ2n) is 5.04. The van der Waals surface area contributed by atoms with E-state index in [2.05, 4.69) is 9.97 Å². The molecule has 1 aromatic carbocycles. The maximum Gasteiger partial charge on any atom is 0.395 e. The highest BCUT2D eigenvalue weighted by atomic mass is 19.1. The Morgan fingerprint density at radius 3 is 2.65 bits per heavy atom. The number of hydrogen-bond donors (Lipinski definition) is 2. The summed E-state index contributed by atoms with van der Waals surface area (Å²) in [6, 6.07) is 5.98. The Balaban J connectivity index is 1.88. The second-order valence-corrected chi connectivity index (χ2v) is 5.04. The summed E-state index contributed by atoms with van der Waals surface area (Å²) in [6.07, 6.45) is 2.57. The van der Waals surface area contributed by atoms with E-state index in [1.807, 2.05) is 0 Å². The Labute approximate surface area is 143 Å².